The molecule has 0 spiro atoms. The van der Waals surface area contributed by atoms with Gasteiger partial charge in [0, 0.05) is 32.6 Å². The predicted molar refractivity (Wildman–Crippen MR) is 71.6 cm³/mol. The summed E-state index contributed by atoms with van der Waals surface area (Å²) < 4.78 is 10.4. The second-order valence-corrected chi connectivity index (χ2v) is 3.94. The fourth-order valence-electron chi connectivity index (χ4n) is 1.53. The summed E-state index contributed by atoms with van der Waals surface area (Å²) >= 11 is 0. The molecule has 1 N–H and O–H groups in total. The number of anilines is 1. The minimum absolute atomic E-state index is 0.735. The third kappa shape index (κ3) is 6.29. The van der Waals surface area contributed by atoms with E-state index >= 15 is 0 Å². The van der Waals surface area contributed by atoms with Crippen molar-refractivity contribution in [3.8, 4) is 0 Å². The van der Waals surface area contributed by atoms with Gasteiger partial charge in [-0.2, -0.15) is 0 Å². The van der Waals surface area contributed by atoms with E-state index in [9.17, 15) is 0 Å². The van der Waals surface area contributed by atoms with E-state index in [-0.39, 0.29) is 0 Å². The Hall–Kier alpha value is -1.06. The second-order valence-electron chi connectivity index (χ2n) is 3.94. The van der Waals surface area contributed by atoms with Crippen LogP contribution in [0, 0.1) is 0 Å². The van der Waals surface area contributed by atoms with E-state index in [1.807, 2.05) is 0 Å². The number of hydrogen-bond acceptors (Lipinski definition) is 3. The van der Waals surface area contributed by atoms with Crippen LogP contribution in [-0.4, -0.2) is 33.5 Å². The minimum Gasteiger partial charge on any atom is -0.385 e. The van der Waals surface area contributed by atoms with Crippen LogP contribution in [0.3, 0.4) is 0 Å². The molecule has 0 radical (unpaired) electrons. The minimum atomic E-state index is 0.735. The van der Waals surface area contributed by atoms with Crippen LogP contribution >= 0.6 is 0 Å². The van der Waals surface area contributed by atoms with Gasteiger partial charge >= 0.3 is 0 Å². The summed E-state index contributed by atoms with van der Waals surface area (Å²) in [5, 5.41) is 3.33. The van der Waals surface area contributed by atoms with Crippen molar-refractivity contribution >= 4 is 5.69 Å². The van der Waals surface area contributed by atoms with Crippen molar-refractivity contribution < 1.29 is 9.47 Å². The van der Waals surface area contributed by atoms with E-state index in [4.69, 9.17) is 9.47 Å². The summed E-state index contributed by atoms with van der Waals surface area (Å²) in [5.74, 6) is 0. The van der Waals surface area contributed by atoms with Gasteiger partial charge in [0.1, 0.15) is 0 Å². The fraction of sp³-hybridized carbons (Fsp3) is 0.571. The molecule has 0 amide bonds. The standard InChI is InChI=1S/C14H23NO2/c1-3-13-5-7-14(8-6-13)15-9-12-17-11-4-10-16-2/h5-8,15H,3-4,9-12H2,1-2H3. The van der Waals surface area contributed by atoms with Crippen molar-refractivity contribution in [2.45, 2.75) is 19.8 Å². The fourth-order valence-corrected chi connectivity index (χ4v) is 1.53. The highest BCUT2D eigenvalue weighted by Crippen LogP contribution is 2.09. The first kappa shape index (κ1) is 14.0. The van der Waals surface area contributed by atoms with Crippen LogP contribution in [0.1, 0.15) is 18.9 Å². The predicted octanol–water partition coefficient (Wildman–Crippen LogP) is 2.71. The smallest absolute Gasteiger partial charge is 0.0639 e. The lowest BCUT2D eigenvalue weighted by atomic mass is 10.1. The van der Waals surface area contributed by atoms with E-state index in [0.717, 1.165) is 44.9 Å². The van der Waals surface area contributed by atoms with Crippen molar-refractivity contribution in [2.24, 2.45) is 0 Å². The van der Waals surface area contributed by atoms with Gasteiger partial charge < -0.3 is 14.8 Å². The van der Waals surface area contributed by atoms with E-state index in [0.29, 0.717) is 0 Å². The maximum atomic E-state index is 5.46. The Morgan fingerprint density at radius 3 is 2.47 bits per heavy atom. The van der Waals surface area contributed by atoms with Crippen LogP contribution in [0.15, 0.2) is 24.3 Å². The molecule has 3 nitrogen and oxygen atoms in total. The Morgan fingerprint density at radius 1 is 1.06 bits per heavy atom. The first-order valence-corrected chi connectivity index (χ1v) is 6.26. The molecule has 0 aliphatic carbocycles. The summed E-state index contributed by atoms with van der Waals surface area (Å²) in [5.41, 5.74) is 2.52. The molecule has 0 fully saturated rings. The third-order valence-electron chi connectivity index (χ3n) is 2.57. The normalized spacial score (nSPS) is 10.5. The molecule has 0 aliphatic rings. The Bertz CT molecular complexity index is 285. The molecular weight excluding hydrogens is 214 g/mol. The Morgan fingerprint density at radius 2 is 1.82 bits per heavy atom. The van der Waals surface area contributed by atoms with Crippen LogP contribution in [0.4, 0.5) is 5.69 Å². The molecule has 17 heavy (non-hydrogen) atoms. The van der Waals surface area contributed by atoms with Crippen molar-refractivity contribution in [3.63, 3.8) is 0 Å². The molecule has 0 unspecified atom stereocenters. The topological polar surface area (TPSA) is 30.5 Å². The molecule has 96 valence electrons. The zero-order chi connectivity index (χ0) is 12.3. The highest BCUT2D eigenvalue weighted by Gasteiger charge is 1.93. The molecule has 0 aromatic heterocycles. The van der Waals surface area contributed by atoms with Crippen LogP contribution in [0.2, 0.25) is 0 Å². The average Bonchev–Trinajstić information content (AvgIpc) is 2.38. The lowest BCUT2D eigenvalue weighted by Gasteiger charge is -2.07. The number of nitrogens with one attached hydrogen (secondary N) is 1. The molecule has 0 atom stereocenters. The summed E-state index contributed by atoms with van der Waals surface area (Å²) in [6, 6.07) is 8.54. The molecular formula is C14H23NO2. The van der Waals surface area contributed by atoms with Crippen molar-refractivity contribution in [1.82, 2.24) is 0 Å². The first-order valence-electron chi connectivity index (χ1n) is 6.26. The van der Waals surface area contributed by atoms with Crippen LogP contribution in [0.25, 0.3) is 0 Å². The number of methoxy groups -OCH3 is 1. The molecule has 1 rings (SSSR count). The molecule has 3 heteroatoms. The number of hydrogen-bond donors (Lipinski definition) is 1. The number of aryl methyl sites for hydroxylation is 1. The Balaban J connectivity index is 2.05. The molecule has 0 aliphatic heterocycles. The van der Waals surface area contributed by atoms with Gasteiger partial charge in [0.25, 0.3) is 0 Å². The van der Waals surface area contributed by atoms with E-state index in [1.165, 1.54) is 5.56 Å². The monoisotopic (exact) mass is 237 g/mol. The van der Waals surface area contributed by atoms with E-state index in [2.05, 4.69) is 36.5 Å². The average molecular weight is 237 g/mol. The zero-order valence-electron chi connectivity index (χ0n) is 10.9. The van der Waals surface area contributed by atoms with Gasteiger partial charge in [0.2, 0.25) is 0 Å². The molecule has 0 saturated carbocycles. The van der Waals surface area contributed by atoms with Gasteiger partial charge in [0.15, 0.2) is 0 Å². The van der Waals surface area contributed by atoms with Gasteiger partial charge in [-0.25, -0.2) is 0 Å². The Kier molecular flexibility index (Phi) is 7.43. The molecule has 0 heterocycles. The molecule has 0 bridgehead atoms. The van der Waals surface area contributed by atoms with Crippen LogP contribution < -0.4 is 5.32 Å². The summed E-state index contributed by atoms with van der Waals surface area (Å²) in [6.45, 7) is 5.28. The van der Waals surface area contributed by atoms with Gasteiger partial charge in [-0.1, -0.05) is 19.1 Å². The van der Waals surface area contributed by atoms with Crippen molar-refractivity contribution in [1.29, 1.82) is 0 Å². The summed E-state index contributed by atoms with van der Waals surface area (Å²) in [7, 11) is 1.71. The quantitative estimate of drug-likeness (QED) is 0.670. The second kappa shape index (κ2) is 9.02. The Labute approximate surface area is 104 Å². The first-order chi connectivity index (χ1) is 8.36. The lowest BCUT2D eigenvalue weighted by Crippen LogP contribution is -2.10. The zero-order valence-corrected chi connectivity index (χ0v) is 10.9. The number of benzene rings is 1. The molecule has 1 aromatic rings. The molecule has 0 saturated heterocycles. The van der Waals surface area contributed by atoms with Crippen LogP contribution in [-0.2, 0) is 15.9 Å². The number of ether oxygens (including phenoxy) is 2. The highest BCUT2D eigenvalue weighted by atomic mass is 16.5. The third-order valence-corrected chi connectivity index (χ3v) is 2.57. The van der Waals surface area contributed by atoms with Gasteiger partial charge in [0.05, 0.1) is 6.61 Å². The SMILES string of the molecule is CCc1ccc(NCCOCCCOC)cc1. The largest absolute Gasteiger partial charge is 0.385 e. The van der Waals surface area contributed by atoms with Crippen LogP contribution in [0.5, 0.6) is 0 Å². The summed E-state index contributed by atoms with van der Waals surface area (Å²) in [6.07, 6.45) is 2.05. The van der Waals surface area contributed by atoms with Gasteiger partial charge in [-0.15, -0.1) is 0 Å². The van der Waals surface area contributed by atoms with E-state index in [1.54, 1.807) is 7.11 Å². The summed E-state index contributed by atoms with van der Waals surface area (Å²) in [4.78, 5) is 0. The van der Waals surface area contributed by atoms with E-state index < -0.39 is 0 Å². The lowest BCUT2D eigenvalue weighted by molar-refractivity contribution is 0.109. The molecule has 1 aromatic carbocycles. The maximum absolute atomic E-state index is 5.46. The van der Waals surface area contributed by atoms with Gasteiger partial charge in [-0.05, 0) is 30.5 Å². The maximum Gasteiger partial charge on any atom is 0.0639 e. The highest BCUT2D eigenvalue weighted by molar-refractivity contribution is 5.44. The van der Waals surface area contributed by atoms with Crippen molar-refractivity contribution in [3.05, 3.63) is 29.8 Å². The van der Waals surface area contributed by atoms with Crippen molar-refractivity contribution in [2.75, 3.05) is 38.8 Å². The number of rotatable bonds is 9. The van der Waals surface area contributed by atoms with Gasteiger partial charge in [-0.3, -0.25) is 0 Å².